The normalized spacial score (nSPS) is 12.9. The minimum atomic E-state index is -4.60. The van der Waals surface area contributed by atoms with E-state index in [0.717, 1.165) is 12.1 Å². The standard InChI is InChI=1S/C10H7ClF4N2/c11-8-2-1-7(3-9(8)12)17-5-6(4-16)10(13,14)15/h1-3,6,17H,5H2. The third kappa shape index (κ3) is 3.79. The van der Waals surface area contributed by atoms with E-state index in [1.807, 2.05) is 0 Å². The van der Waals surface area contributed by atoms with Crippen LogP contribution in [0.25, 0.3) is 0 Å². The van der Waals surface area contributed by atoms with Crippen molar-refractivity contribution in [2.24, 2.45) is 5.92 Å². The molecule has 0 heterocycles. The summed E-state index contributed by atoms with van der Waals surface area (Å²) < 4.78 is 49.6. The summed E-state index contributed by atoms with van der Waals surface area (Å²) in [6.45, 7) is -0.638. The average molecular weight is 267 g/mol. The van der Waals surface area contributed by atoms with Crippen LogP contribution >= 0.6 is 11.6 Å². The van der Waals surface area contributed by atoms with Crippen molar-refractivity contribution in [3.8, 4) is 6.07 Å². The molecule has 1 aromatic carbocycles. The van der Waals surface area contributed by atoms with Crippen LogP contribution in [0, 0.1) is 23.1 Å². The van der Waals surface area contributed by atoms with Crippen LogP contribution < -0.4 is 5.32 Å². The summed E-state index contributed by atoms with van der Waals surface area (Å²) in [5.74, 6) is -2.88. The highest BCUT2D eigenvalue weighted by atomic mass is 35.5. The molecule has 0 spiro atoms. The van der Waals surface area contributed by atoms with E-state index in [2.05, 4.69) is 5.32 Å². The summed E-state index contributed by atoms with van der Waals surface area (Å²) in [5.41, 5.74) is 0.136. The Hall–Kier alpha value is -1.48. The first kappa shape index (κ1) is 13.6. The van der Waals surface area contributed by atoms with Gasteiger partial charge in [0.25, 0.3) is 0 Å². The predicted molar refractivity (Wildman–Crippen MR) is 55.1 cm³/mol. The zero-order valence-corrected chi connectivity index (χ0v) is 9.11. The molecule has 0 aliphatic carbocycles. The number of nitriles is 1. The van der Waals surface area contributed by atoms with Gasteiger partial charge >= 0.3 is 6.18 Å². The second-order valence-corrected chi connectivity index (χ2v) is 3.64. The molecule has 17 heavy (non-hydrogen) atoms. The summed E-state index contributed by atoms with van der Waals surface area (Å²) in [7, 11) is 0. The molecule has 1 rings (SSSR count). The molecule has 0 saturated carbocycles. The predicted octanol–water partition coefficient (Wildman–Crippen LogP) is 3.59. The fourth-order valence-corrected chi connectivity index (χ4v) is 1.18. The molecular weight excluding hydrogens is 260 g/mol. The van der Waals surface area contributed by atoms with Crippen LogP contribution in [0.5, 0.6) is 0 Å². The number of benzene rings is 1. The fraction of sp³-hybridized carbons (Fsp3) is 0.300. The summed E-state index contributed by atoms with van der Waals surface area (Å²) in [6.07, 6.45) is -4.60. The van der Waals surface area contributed by atoms with Gasteiger partial charge in [-0.3, -0.25) is 0 Å². The molecule has 0 fully saturated rings. The van der Waals surface area contributed by atoms with Gasteiger partial charge in [0.05, 0.1) is 11.1 Å². The lowest BCUT2D eigenvalue weighted by molar-refractivity contribution is -0.155. The van der Waals surface area contributed by atoms with E-state index in [4.69, 9.17) is 16.9 Å². The van der Waals surface area contributed by atoms with Crippen LogP contribution in [0.4, 0.5) is 23.2 Å². The monoisotopic (exact) mass is 266 g/mol. The lowest BCUT2D eigenvalue weighted by Gasteiger charge is -2.14. The van der Waals surface area contributed by atoms with Crippen molar-refractivity contribution in [3.63, 3.8) is 0 Å². The second kappa shape index (κ2) is 5.23. The molecule has 92 valence electrons. The highest BCUT2D eigenvalue weighted by molar-refractivity contribution is 6.30. The maximum Gasteiger partial charge on any atom is 0.406 e. The highest BCUT2D eigenvalue weighted by Gasteiger charge is 2.39. The molecule has 0 radical (unpaired) electrons. The Morgan fingerprint density at radius 3 is 2.53 bits per heavy atom. The SMILES string of the molecule is N#CC(CNc1ccc(Cl)c(F)c1)C(F)(F)F. The van der Waals surface area contributed by atoms with Gasteiger partial charge in [0.1, 0.15) is 5.82 Å². The smallest absolute Gasteiger partial charge is 0.383 e. The lowest BCUT2D eigenvalue weighted by atomic mass is 10.1. The molecule has 1 N–H and O–H groups in total. The zero-order valence-electron chi connectivity index (χ0n) is 8.35. The van der Waals surface area contributed by atoms with Crippen molar-refractivity contribution in [2.45, 2.75) is 6.18 Å². The molecule has 1 unspecified atom stereocenters. The third-order valence-corrected chi connectivity index (χ3v) is 2.29. The van der Waals surface area contributed by atoms with E-state index in [-0.39, 0.29) is 10.7 Å². The number of nitrogens with zero attached hydrogens (tertiary/aromatic N) is 1. The van der Waals surface area contributed by atoms with Gasteiger partial charge in [0.15, 0.2) is 5.92 Å². The summed E-state index contributed by atoms with van der Waals surface area (Å²) in [5, 5.41) is 10.5. The molecule has 7 heteroatoms. The Bertz CT molecular complexity index is 439. The highest BCUT2D eigenvalue weighted by Crippen LogP contribution is 2.26. The minimum Gasteiger partial charge on any atom is -0.383 e. The first-order valence-electron chi connectivity index (χ1n) is 4.50. The molecule has 1 atom stereocenters. The number of hydrogen-bond acceptors (Lipinski definition) is 2. The first-order chi connectivity index (χ1) is 7.84. The summed E-state index contributed by atoms with van der Waals surface area (Å²) in [4.78, 5) is 0. The lowest BCUT2D eigenvalue weighted by Crippen LogP contribution is -2.28. The summed E-state index contributed by atoms with van der Waals surface area (Å²) in [6, 6.07) is 4.64. The van der Waals surface area contributed by atoms with E-state index in [1.165, 1.54) is 12.1 Å². The third-order valence-electron chi connectivity index (χ3n) is 1.98. The van der Waals surface area contributed by atoms with Crippen molar-refractivity contribution < 1.29 is 17.6 Å². The molecule has 0 amide bonds. The van der Waals surface area contributed by atoms with Crippen molar-refractivity contribution >= 4 is 17.3 Å². The van der Waals surface area contributed by atoms with Gasteiger partial charge < -0.3 is 5.32 Å². The molecule has 0 aliphatic rings. The molecular formula is C10H7ClF4N2. The van der Waals surface area contributed by atoms with Crippen LogP contribution in [-0.2, 0) is 0 Å². The van der Waals surface area contributed by atoms with Gasteiger partial charge in [0, 0.05) is 12.2 Å². The van der Waals surface area contributed by atoms with Crippen LogP contribution in [0.3, 0.4) is 0 Å². The number of alkyl halides is 3. The quantitative estimate of drug-likeness (QED) is 0.849. The Morgan fingerprint density at radius 2 is 2.06 bits per heavy atom. The second-order valence-electron chi connectivity index (χ2n) is 3.23. The largest absolute Gasteiger partial charge is 0.406 e. The van der Waals surface area contributed by atoms with Gasteiger partial charge in [-0.15, -0.1) is 0 Å². The van der Waals surface area contributed by atoms with E-state index < -0.39 is 24.5 Å². The molecule has 2 nitrogen and oxygen atoms in total. The molecule has 0 saturated heterocycles. The van der Waals surface area contributed by atoms with E-state index in [1.54, 1.807) is 0 Å². The van der Waals surface area contributed by atoms with Crippen LogP contribution in [0.15, 0.2) is 18.2 Å². The number of hydrogen-bond donors (Lipinski definition) is 1. The van der Waals surface area contributed by atoms with Gasteiger partial charge in [-0.2, -0.15) is 18.4 Å². The summed E-state index contributed by atoms with van der Waals surface area (Å²) >= 11 is 5.41. The number of anilines is 1. The minimum absolute atomic E-state index is 0.122. The zero-order chi connectivity index (χ0) is 13.1. The van der Waals surface area contributed by atoms with Gasteiger partial charge in [0.2, 0.25) is 0 Å². The molecule has 1 aromatic rings. The molecule has 0 aromatic heterocycles. The van der Waals surface area contributed by atoms with Crippen molar-refractivity contribution in [1.82, 2.24) is 0 Å². The van der Waals surface area contributed by atoms with Crippen molar-refractivity contribution in [3.05, 3.63) is 29.0 Å². The van der Waals surface area contributed by atoms with Crippen molar-refractivity contribution in [1.29, 1.82) is 5.26 Å². The average Bonchev–Trinajstić information content (AvgIpc) is 2.22. The fourth-order valence-electron chi connectivity index (χ4n) is 1.06. The van der Waals surface area contributed by atoms with E-state index in [9.17, 15) is 17.6 Å². The van der Waals surface area contributed by atoms with E-state index in [0.29, 0.717) is 0 Å². The number of rotatable bonds is 3. The Kier molecular flexibility index (Phi) is 4.18. The Balaban J connectivity index is 2.67. The molecule has 0 bridgehead atoms. The van der Waals surface area contributed by atoms with Crippen LogP contribution in [-0.4, -0.2) is 12.7 Å². The Morgan fingerprint density at radius 1 is 1.41 bits per heavy atom. The van der Waals surface area contributed by atoms with Gasteiger partial charge in [-0.05, 0) is 18.2 Å². The Labute approximate surface area is 99.8 Å². The first-order valence-corrected chi connectivity index (χ1v) is 4.87. The maximum atomic E-state index is 13.0. The van der Waals surface area contributed by atoms with Crippen LogP contribution in [0.1, 0.15) is 0 Å². The number of nitrogens with one attached hydrogen (secondary N) is 1. The number of halogens is 5. The van der Waals surface area contributed by atoms with Gasteiger partial charge in [-0.1, -0.05) is 11.6 Å². The molecule has 0 aliphatic heterocycles. The topological polar surface area (TPSA) is 35.8 Å². The van der Waals surface area contributed by atoms with Crippen molar-refractivity contribution in [2.75, 3.05) is 11.9 Å². The van der Waals surface area contributed by atoms with Gasteiger partial charge in [-0.25, -0.2) is 4.39 Å². The maximum absolute atomic E-state index is 13.0. The van der Waals surface area contributed by atoms with Crippen LogP contribution in [0.2, 0.25) is 5.02 Å². The van der Waals surface area contributed by atoms with E-state index >= 15 is 0 Å².